The summed E-state index contributed by atoms with van der Waals surface area (Å²) in [6, 6.07) is 13.9. The number of hydrogen-bond donors (Lipinski definition) is 3. The van der Waals surface area contributed by atoms with E-state index in [1.165, 1.54) is 6.07 Å². The van der Waals surface area contributed by atoms with Crippen LogP contribution in [0.2, 0.25) is 5.02 Å². The number of rotatable bonds is 3. The molecule has 0 spiro atoms. The topological polar surface area (TPSA) is 61.7 Å². The number of hydrogen-bond acceptors (Lipinski definition) is 4. The molecule has 0 aliphatic carbocycles. The molecule has 2 rings (SSSR count). The van der Waals surface area contributed by atoms with Gasteiger partial charge in [0.25, 0.3) is 5.17 Å². The molecule has 2 aromatic carbocycles. The van der Waals surface area contributed by atoms with Crippen molar-refractivity contribution >= 4 is 47.3 Å². The molecule has 0 saturated heterocycles. The summed E-state index contributed by atoms with van der Waals surface area (Å²) in [4.78, 5) is 0. The zero-order chi connectivity index (χ0) is 14.5. The van der Waals surface area contributed by atoms with Crippen LogP contribution in [0.1, 0.15) is 0 Å². The number of halogens is 1. The van der Waals surface area contributed by atoms with Crippen molar-refractivity contribution in [3.63, 3.8) is 0 Å². The van der Waals surface area contributed by atoms with Crippen molar-refractivity contribution in [3.05, 3.63) is 53.6 Å². The zero-order valence-electron chi connectivity index (χ0n) is 10.3. The Bertz CT molecular complexity index is 610. The number of anilines is 1. The fourth-order valence-corrected chi connectivity index (χ4v) is 2.05. The Balaban J connectivity index is 2.10. The standard InChI is InChI=1S/C13H11BClNO3S/c15-12-10(14(17)18)7-4-8-11(12)16-13(20)19-9-5-2-1-3-6-9/h1-8,17-18H,(H,16,20). The Morgan fingerprint density at radius 2 is 1.80 bits per heavy atom. The van der Waals surface area contributed by atoms with Gasteiger partial charge in [0.05, 0.1) is 10.7 Å². The molecule has 0 unspecified atom stereocenters. The molecule has 102 valence electrons. The molecule has 3 N–H and O–H groups in total. The first-order chi connectivity index (χ1) is 9.58. The van der Waals surface area contributed by atoms with Crippen molar-refractivity contribution in [2.45, 2.75) is 0 Å². The lowest BCUT2D eigenvalue weighted by molar-refractivity contribution is 0.426. The maximum Gasteiger partial charge on any atom is 0.490 e. The Morgan fingerprint density at radius 3 is 2.45 bits per heavy atom. The van der Waals surface area contributed by atoms with E-state index in [1.54, 1.807) is 24.3 Å². The Morgan fingerprint density at radius 1 is 1.10 bits per heavy atom. The predicted octanol–water partition coefficient (Wildman–Crippen LogP) is 1.80. The first-order valence-electron chi connectivity index (χ1n) is 5.76. The van der Waals surface area contributed by atoms with Gasteiger partial charge < -0.3 is 20.1 Å². The quantitative estimate of drug-likeness (QED) is 0.596. The molecule has 0 aliphatic heterocycles. The van der Waals surface area contributed by atoms with E-state index in [0.29, 0.717) is 11.4 Å². The molecule has 4 nitrogen and oxygen atoms in total. The molecule has 0 fully saturated rings. The van der Waals surface area contributed by atoms with Gasteiger partial charge in [-0.2, -0.15) is 0 Å². The number of para-hydroxylation sites is 1. The van der Waals surface area contributed by atoms with Gasteiger partial charge in [-0.15, -0.1) is 0 Å². The fraction of sp³-hybridized carbons (Fsp3) is 0. The average Bonchev–Trinajstić information content (AvgIpc) is 2.42. The smallest absolute Gasteiger partial charge is 0.432 e. The summed E-state index contributed by atoms with van der Waals surface area (Å²) in [5.41, 5.74) is 0.636. The summed E-state index contributed by atoms with van der Waals surface area (Å²) >= 11 is 11.1. The third kappa shape index (κ3) is 3.71. The summed E-state index contributed by atoms with van der Waals surface area (Å²) in [5.74, 6) is 0.597. The molecule has 0 saturated carbocycles. The fourth-order valence-electron chi connectivity index (χ4n) is 1.58. The number of thiocarbonyl (C=S) groups is 1. The molecule has 2 aromatic rings. The minimum absolute atomic E-state index is 0.114. The average molecular weight is 308 g/mol. The van der Waals surface area contributed by atoms with Crippen molar-refractivity contribution in [1.29, 1.82) is 0 Å². The van der Waals surface area contributed by atoms with E-state index in [1.807, 2.05) is 18.2 Å². The van der Waals surface area contributed by atoms with E-state index in [4.69, 9.17) is 28.6 Å². The van der Waals surface area contributed by atoms with Crippen LogP contribution in [0.3, 0.4) is 0 Å². The molecular formula is C13H11BClNO3S. The molecule has 0 radical (unpaired) electrons. The van der Waals surface area contributed by atoms with Gasteiger partial charge in [0.1, 0.15) is 5.75 Å². The van der Waals surface area contributed by atoms with Crippen LogP contribution in [0.4, 0.5) is 5.69 Å². The normalized spacial score (nSPS) is 9.95. The van der Waals surface area contributed by atoms with Gasteiger partial charge in [-0.1, -0.05) is 41.9 Å². The van der Waals surface area contributed by atoms with Gasteiger partial charge in [0.2, 0.25) is 0 Å². The minimum Gasteiger partial charge on any atom is -0.432 e. The highest BCUT2D eigenvalue weighted by Crippen LogP contribution is 2.20. The second kappa shape index (κ2) is 6.72. The van der Waals surface area contributed by atoms with Crippen LogP contribution in [0.15, 0.2) is 48.5 Å². The summed E-state index contributed by atoms with van der Waals surface area (Å²) < 4.78 is 5.41. The van der Waals surface area contributed by atoms with Gasteiger partial charge in [0, 0.05) is 5.46 Å². The third-order valence-corrected chi connectivity index (χ3v) is 3.10. The van der Waals surface area contributed by atoms with E-state index in [0.717, 1.165) is 0 Å². The number of benzene rings is 2. The highest BCUT2D eigenvalue weighted by molar-refractivity contribution is 7.80. The van der Waals surface area contributed by atoms with Crippen molar-refractivity contribution < 1.29 is 14.8 Å². The molecule has 0 aromatic heterocycles. The van der Waals surface area contributed by atoms with Crippen LogP contribution < -0.4 is 15.5 Å². The Labute approximate surface area is 127 Å². The van der Waals surface area contributed by atoms with E-state index in [2.05, 4.69) is 5.32 Å². The van der Waals surface area contributed by atoms with E-state index in [9.17, 15) is 10.0 Å². The van der Waals surface area contributed by atoms with E-state index >= 15 is 0 Å². The van der Waals surface area contributed by atoms with Gasteiger partial charge in [-0.25, -0.2) is 0 Å². The van der Waals surface area contributed by atoms with Crippen molar-refractivity contribution in [3.8, 4) is 5.75 Å². The molecule has 20 heavy (non-hydrogen) atoms. The Kier molecular flexibility index (Phi) is 4.97. The minimum atomic E-state index is -1.65. The van der Waals surface area contributed by atoms with Crippen LogP contribution in [-0.4, -0.2) is 22.3 Å². The first kappa shape index (κ1) is 14.8. The molecule has 0 bridgehead atoms. The molecule has 7 heteroatoms. The van der Waals surface area contributed by atoms with Gasteiger partial charge in [-0.3, -0.25) is 0 Å². The monoisotopic (exact) mass is 307 g/mol. The van der Waals surface area contributed by atoms with Crippen molar-refractivity contribution in [2.75, 3.05) is 5.32 Å². The third-order valence-electron chi connectivity index (χ3n) is 2.50. The number of ether oxygens (including phenoxy) is 1. The second-order valence-corrected chi connectivity index (χ2v) is 4.66. The molecule has 0 atom stereocenters. The first-order valence-corrected chi connectivity index (χ1v) is 6.55. The van der Waals surface area contributed by atoms with Crippen LogP contribution in [0.25, 0.3) is 0 Å². The van der Waals surface area contributed by atoms with Crippen LogP contribution >= 0.6 is 23.8 Å². The summed E-state index contributed by atoms with van der Waals surface area (Å²) in [6.45, 7) is 0. The van der Waals surface area contributed by atoms with Crippen LogP contribution in [0, 0.1) is 0 Å². The largest absolute Gasteiger partial charge is 0.490 e. The Hall–Kier alpha value is -1.60. The van der Waals surface area contributed by atoms with Crippen LogP contribution in [0.5, 0.6) is 5.75 Å². The lowest BCUT2D eigenvalue weighted by atomic mass is 9.80. The van der Waals surface area contributed by atoms with Crippen molar-refractivity contribution in [2.24, 2.45) is 0 Å². The zero-order valence-corrected chi connectivity index (χ0v) is 11.9. The van der Waals surface area contributed by atoms with Gasteiger partial charge in [-0.05, 0) is 30.4 Å². The highest BCUT2D eigenvalue weighted by atomic mass is 35.5. The SMILES string of the molecule is OB(O)c1cccc(NC(=S)Oc2ccccc2)c1Cl. The molecule has 0 heterocycles. The van der Waals surface area contributed by atoms with E-state index in [-0.39, 0.29) is 15.7 Å². The van der Waals surface area contributed by atoms with Gasteiger partial charge in [0.15, 0.2) is 0 Å². The lowest BCUT2D eigenvalue weighted by Crippen LogP contribution is -2.31. The summed E-state index contributed by atoms with van der Waals surface area (Å²) in [6.07, 6.45) is 0. The summed E-state index contributed by atoms with van der Waals surface area (Å²) in [5, 5.41) is 21.5. The lowest BCUT2D eigenvalue weighted by Gasteiger charge is -2.12. The molecule has 0 aliphatic rings. The maximum atomic E-state index is 9.18. The van der Waals surface area contributed by atoms with E-state index < -0.39 is 7.12 Å². The predicted molar refractivity (Wildman–Crippen MR) is 84.6 cm³/mol. The number of nitrogens with one attached hydrogen (secondary N) is 1. The molecule has 0 amide bonds. The molecular weight excluding hydrogens is 296 g/mol. The van der Waals surface area contributed by atoms with Crippen LogP contribution in [-0.2, 0) is 0 Å². The maximum absolute atomic E-state index is 9.18. The second-order valence-electron chi connectivity index (χ2n) is 3.91. The van der Waals surface area contributed by atoms with Gasteiger partial charge >= 0.3 is 7.12 Å². The highest BCUT2D eigenvalue weighted by Gasteiger charge is 2.17. The van der Waals surface area contributed by atoms with Crippen molar-refractivity contribution in [1.82, 2.24) is 0 Å². The summed E-state index contributed by atoms with van der Waals surface area (Å²) in [7, 11) is -1.65.